The molecule has 10 heteroatoms. The third-order valence-electron chi connectivity index (χ3n) is 5.59. The smallest absolute Gasteiger partial charge is 0.300 e. The lowest BCUT2D eigenvalue weighted by atomic mass is 10.2. The molecule has 4 rings (SSSR count). The van der Waals surface area contributed by atoms with Crippen LogP contribution in [0, 0.1) is 0 Å². The first kappa shape index (κ1) is 24.3. The molecule has 2 aromatic carbocycles. The fraction of sp³-hybridized carbons (Fsp3) is 0.280. The third-order valence-corrected chi connectivity index (χ3v) is 5.59. The summed E-state index contributed by atoms with van der Waals surface area (Å²) < 4.78 is 20.3. The van der Waals surface area contributed by atoms with Gasteiger partial charge in [-0.1, -0.05) is 60.7 Å². The number of benzene rings is 2. The van der Waals surface area contributed by atoms with E-state index < -0.39 is 17.3 Å². The van der Waals surface area contributed by atoms with Crippen LogP contribution in [0.2, 0.25) is 0 Å². The Morgan fingerprint density at radius 3 is 2.26 bits per heavy atom. The largest absolute Gasteiger partial charge is 0.376 e. The molecule has 2 aromatic heterocycles. The Morgan fingerprint density at radius 2 is 1.66 bits per heavy atom. The Labute approximate surface area is 201 Å². The summed E-state index contributed by atoms with van der Waals surface area (Å²) in [6.45, 7) is 2.17. The van der Waals surface area contributed by atoms with Gasteiger partial charge in [0.05, 0.1) is 19.8 Å². The molecule has 0 spiro atoms. The van der Waals surface area contributed by atoms with Gasteiger partial charge in [-0.2, -0.15) is 0 Å². The number of nitrogens with two attached hydrogens (primary N) is 1. The van der Waals surface area contributed by atoms with E-state index in [9.17, 15) is 9.59 Å². The van der Waals surface area contributed by atoms with Crippen molar-refractivity contribution >= 4 is 16.9 Å². The summed E-state index contributed by atoms with van der Waals surface area (Å²) in [5.41, 5.74) is 1.43. The van der Waals surface area contributed by atoms with Crippen molar-refractivity contribution < 1.29 is 19.0 Å². The standard InChI is InChI=1S/C25H27N5O5/c1-18(31)22-28-23-21(24(32)30(22)26)27-17-29(23)25(33-2,35-16-20-11-7-4-8-12-20)13-14-34-15-19-9-5-3-6-10-19/h3-12,17H,13-16,26H2,1-2H3. The van der Waals surface area contributed by atoms with Gasteiger partial charge in [0.1, 0.15) is 6.33 Å². The Bertz CT molecular complexity index is 1350. The summed E-state index contributed by atoms with van der Waals surface area (Å²) >= 11 is 0. The number of Topliss-reactive ketones (excluding diaryl/α,β-unsaturated/α-hetero) is 1. The highest BCUT2D eigenvalue weighted by Crippen LogP contribution is 2.29. The minimum absolute atomic E-state index is 0.00700. The first-order chi connectivity index (χ1) is 16.9. The summed E-state index contributed by atoms with van der Waals surface area (Å²) in [5, 5.41) is 0. The molecular formula is C25H27N5O5. The van der Waals surface area contributed by atoms with Gasteiger partial charge in [-0.25, -0.2) is 14.6 Å². The van der Waals surface area contributed by atoms with Crippen molar-refractivity contribution in [2.75, 3.05) is 19.6 Å². The maximum atomic E-state index is 12.7. The Balaban J connectivity index is 1.69. The summed E-state index contributed by atoms with van der Waals surface area (Å²) in [6, 6.07) is 19.4. The van der Waals surface area contributed by atoms with Crippen LogP contribution in [-0.2, 0) is 33.3 Å². The van der Waals surface area contributed by atoms with E-state index in [0.29, 0.717) is 11.3 Å². The van der Waals surface area contributed by atoms with Gasteiger partial charge in [0.15, 0.2) is 22.8 Å². The van der Waals surface area contributed by atoms with Gasteiger partial charge < -0.3 is 20.1 Å². The van der Waals surface area contributed by atoms with E-state index in [1.807, 2.05) is 60.7 Å². The number of nitrogens with zero attached hydrogens (tertiary/aromatic N) is 4. The zero-order chi connectivity index (χ0) is 24.8. The summed E-state index contributed by atoms with van der Waals surface area (Å²) in [5.74, 6) is 3.70. The van der Waals surface area contributed by atoms with E-state index in [4.69, 9.17) is 20.1 Å². The molecule has 35 heavy (non-hydrogen) atoms. The van der Waals surface area contributed by atoms with Crippen LogP contribution in [0.4, 0.5) is 0 Å². The SMILES string of the molecule is COC(CCOCc1ccccc1)(OCc1ccccc1)n1cnc2c(=O)n(N)c(C(C)=O)nc21. The lowest BCUT2D eigenvalue weighted by molar-refractivity contribution is -0.294. The second kappa shape index (κ2) is 10.6. The number of ketones is 1. The van der Waals surface area contributed by atoms with Gasteiger partial charge in [0, 0.05) is 20.5 Å². The molecule has 10 nitrogen and oxygen atoms in total. The quantitative estimate of drug-likeness (QED) is 0.151. The number of rotatable bonds is 11. The third kappa shape index (κ3) is 5.14. The Hall–Kier alpha value is -3.86. The number of imidazole rings is 1. The van der Waals surface area contributed by atoms with E-state index in [1.54, 1.807) is 0 Å². The van der Waals surface area contributed by atoms with Crippen molar-refractivity contribution in [1.29, 1.82) is 0 Å². The number of nitrogen functional groups attached to an aromatic ring is 1. The van der Waals surface area contributed by atoms with Gasteiger partial charge in [-0.15, -0.1) is 0 Å². The number of methoxy groups -OCH3 is 1. The number of carbonyl (C=O) groups is 1. The molecule has 2 N–H and O–H groups in total. The highest BCUT2D eigenvalue weighted by Gasteiger charge is 2.36. The number of carbonyl (C=O) groups excluding carboxylic acids is 1. The van der Waals surface area contributed by atoms with Crippen LogP contribution in [0.3, 0.4) is 0 Å². The monoisotopic (exact) mass is 477 g/mol. The number of hydrogen-bond donors (Lipinski definition) is 1. The lowest BCUT2D eigenvalue weighted by Gasteiger charge is -2.33. The average molecular weight is 478 g/mol. The highest BCUT2D eigenvalue weighted by molar-refractivity contribution is 5.92. The second-order valence-electron chi connectivity index (χ2n) is 7.93. The molecular weight excluding hydrogens is 450 g/mol. The first-order valence-corrected chi connectivity index (χ1v) is 11.1. The van der Waals surface area contributed by atoms with Gasteiger partial charge in [-0.3, -0.25) is 14.2 Å². The minimum Gasteiger partial charge on any atom is -0.376 e. The number of fused-ring (bicyclic) bond motifs is 1. The predicted octanol–water partition coefficient (Wildman–Crippen LogP) is 2.59. The molecule has 2 heterocycles. The summed E-state index contributed by atoms with van der Waals surface area (Å²) in [6.07, 6.45) is 1.64. The topological polar surface area (TPSA) is 123 Å². The van der Waals surface area contributed by atoms with Crippen molar-refractivity contribution in [1.82, 2.24) is 19.2 Å². The van der Waals surface area contributed by atoms with Crippen molar-refractivity contribution in [3.05, 3.63) is 94.3 Å². The van der Waals surface area contributed by atoms with Gasteiger partial charge >= 0.3 is 0 Å². The second-order valence-corrected chi connectivity index (χ2v) is 7.93. The maximum absolute atomic E-state index is 12.7. The zero-order valence-corrected chi connectivity index (χ0v) is 19.6. The average Bonchev–Trinajstić information content (AvgIpc) is 3.32. The van der Waals surface area contributed by atoms with Crippen LogP contribution >= 0.6 is 0 Å². The summed E-state index contributed by atoms with van der Waals surface area (Å²) in [7, 11) is 1.49. The molecule has 182 valence electrons. The Morgan fingerprint density at radius 1 is 1.03 bits per heavy atom. The lowest BCUT2D eigenvalue weighted by Crippen LogP contribution is -2.40. The van der Waals surface area contributed by atoms with Crippen LogP contribution in [-0.4, -0.2) is 38.7 Å². The molecule has 0 aliphatic rings. The van der Waals surface area contributed by atoms with Gasteiger partial charge in [0.25, 0.3) is 11.5 Å². The van der Waals surface area contributed by atoms with Crippen molar-refractivity contribution in [3.8, 4) is 0 Å². The molecule has 0 saturated heterocycles. The molecule has 1 unspecified atom stereocenters. The number of ether oxygens (including phenoxy) is 3. The highest BCUT2D eigenvalue weighted by atomic mass is 16.7. The van der Waals surface area contributed by atoms with E-state index >= 15 is 0 Å². The molecule has 0 fully saturated rings. The Kier molecular flexibility index (Phi) is 7.35. The fourth-order valence-electron chi connectivity index (χ4n) is 3.72. The zero-order valence-electron chi connectivity index (χ0n) is 19.6. The van der Waals surface area contributed by atoms with E-state index in [0.717, 1.165) is 11.1 Å². The molecule has 1 atom stereocenters. The van der Waals surface area contributed by atoms with E-state index in [1.165, 1.54) is 24.9 Å². The van der Waals surface area contributed by atoms with Crippen molar-refractivity contribution in [2.45, 2.75) is 32.5 Å². The molecule has 0 bridgehead atoms. The molecule has 0 saturated carbocycles. The molecule has 0 aliphatic heterocycles. The minimum atomic E-state index is -1.42. The summed E-state index contributed by atoms with van der Waals surface area (Å²) in [4.78, 5) is 33.3. The van der Waals surface area contributed by atoms with E-state index in [2.05, 4.69) is 9.97 Å². The van der Waals surface area contributed by atoms with E-state index in [-0.39, 0.29) is 36.6 Å². The van der Waals surface area contributed by atoms with Gasteiger partial charge in [0.2, 0.25) is 0 Å². The van der Waals surface area contributed by atoms with Gasteiger partial charge in [-0.05, 0) is 11.1 Å². The maximum Gasteiger partial charge on any atom is 0.300 e. The predicted molar refractivity (Wildman–Crippen MR) is 129 cm³/mol. The first-order valence-electron chi connectivity index (χ1n) is 11.1. The fourth-order valence-corrected chi connectivity index (χ4v) is 3.72. The van der Waals surface area contributed by atoms with Crippen LogP contribution < -0.4 is 11.4 Å². The molecule has 0 aliphatic carbocycles. The number of aromatic nitrogens is 4. The van der Waals surface area contributed by atoms with Crippen LogP contribution in [0.15, 0.2) is 71.8 Å². The number of hydrogen-bond acceptors (Lipinski definition) is 8. The van der Waals surface area contributed by atoms with Crippen LogP contribution in [0.1, 0.15) is 35.1 Å². The normalized spacial score (nSPS) is 13.1. The van der Waals surface area contributed by atoms with Crippen molar-refractivity contribution in [3.63, 3.8) is 0 Å². The van der Waals surface area contributed by atoms with Crippen LogP contribution in [0.5, 0.6) is 0 Å². The molecule has 4 aromatic rings. The van der Waals surface area contributed by atoms with Crippen LogP contribution in [0.25, 0.3) is 11.2 Å². The molecule has 0 radical (unpaired) electrons. The van der Waals surface area contributed by atoms with Crippen molar-refractivity contribution in [2.24, 2.45) is 0 Å². The molecule has 0 amide bonds.